The van der Waals surface area contributed by atoms with Crippen LogP contribution in [0.2, 0.25) is 0 Å². The SMILES string of the molecule is CC1(C)CCC(C=O)=C(C23CC(Cl)(C2)C3)C1. The van der Waals surface area contributed by atoms with Gasteiger partial charge in [0.15, 0.2) is 0 Å². The molecule has 2 heteroatoms. The number of halogens is 1. The van der Waals surface area contributed by atoms with Crippen LogP contribution in [0.5, 0.6) is 0 Å². The number of carbonyl (C=O) groups excluding carboxylic acids is 1. The summed E-state index contributed by atoms with van der Waals surface area (Å²) in [4.78, 5) is 11.3. The third-order valence-corrected chi connectivity index (χ3v) is 5.26. The molecule has 0 atom stereocenters. The molecule has 0 spiro atoms. The highest BCUT2D eigenvalue weighted by atomic mass is 35.5. The summed E-state index contributed by atoms with van der Waals surface area (Å²) in [7, 11) is 0. The van der Waals surface area contributed by atoms with Crippen molar-refractivity contribution in [2.45, 2.75) is 57.2 Å². The van der Waals surface area contributed by atoms with Crippen molar-refractivity contribution in [2.24, 2.45) is 10.8 Å². The van der Waals surface area contributed by atoms with Crippen LogP contribution in [0.1, 0.15) is 52.4 Å². The monoisotopic (exact) mass is 238 g/mol. The second-order valence-electron chi connectivity index (χ2n) is 6.92. The maximum Gasteiger partial charge on any atom is 0.145 e. The molecule has 0 heterocycles. The van der Waals surface area contributed by atoms with Crippen LogP contribution in [0.4, 0.5) is 0 Å². The van der Waals surface area contributed by atoms with Gasteiger partial charge >= 0.3 is 0 Å². The minimum absolute atomic E-state index is 0.114. The van der Waals surface area contributed by atoms with Gasteiger partial charge in [0, 0.05) is 4.87 Å². The lowest BCUT2D eigenvalue weighted by molar-refractivity contribution is -0.106. The second kappa shape index (κ2) is 2.93. The van der Waals surface area contributed by atoms with Crippen molar-refractivity contribution in [3.8, 4) is 0 Å². The van der Waals surface area contributed by atoms with Gasteiger partial charge < -0.3 is 0 Å². The average Bonchev–Trinajstić information content (AvgIpc) is 2.10. The van der Waals surface area contributed by atoms with Crippen molar-refractivity contribution in [1.29, 1.82) is 0 Å². The Morgan fingerprint density at radius 2 is 1.88 bits per heavy atom. The molecule has 1 nitrogen and oxygen atoms in total. The standard InChI is InChI=1S/C14H19ClO/c1-12(2)4-3-10(6-16)11(5-12)13-7-14(15,8-13)9-13/h6H,3-5,7-9H2,1-2H3. The summed E-state index contributed by atoms with van der Waals surface area (Å²) in [5.41, 5.74) is 3.27. The summed E-state index contributed by atoms with van der Waals surface area (Å²) >= 11 is 6.33. The first-order valence-electron chi connectivity index (χ1n) is 6.25. The van der Waals surface area contributed by atoms with E-state index in [4.69, 9.17) is 11.6 Å². The van der Waals surface area contributed by atoms with E-state index in [-0.39, 0.29) is 4.87 Å². The zero-order valence-electron chi connectivity index (χ0n) is 10.1. The van der Waals surface area contributed by atoms with Crippen molar-refractivity contribution in [2.75, 3.05) is 0 Å². The van der Waals surface area contributed by atoms with E-state index in [2.05, 4.69) is 13.8 Å². The molecule has 0 radical (unpaired) electrons. The van der Waals surface area contributed by atoms with Crippen LogP contribution < -0.4 is 0 Å². The lowest BCUT2D eigenvalue weighted by Crippen LogP contribution is -2.65. The number of aldehydes is 1. The normalized spacial score (nSPS) is 44.7. The molecule has 0 aromatic rings. The Labute approximate surface area is 102 Å². The van der Waals surface area contributed by atoms with E-state index >= 15 is 0 Å². The van der Waals surface area contributed by atoms with Crippen molar-refractivity contribution >= 4 is 17.9 Å². The third kappa shape index (κ3) is 1.33. The summed E-state index contributed by atoms with van der Waals surface area (Å²) in [6.07, 6.45) is 7.67. The van der Waals surface area contributed by atoms with Gasteiger partial charge in [0.2, 0.25) is 0 Å². The Hall–Kier alpha value is -0.300. The van der Waals surface area contributed by atoms with E-state index in [1.54, 1.807) is 0 Å². The number of hydrogen-bond donors (Lipinski definition) is 0. The fraction of sp³-hybridized carbons (Fsp3) is 0.786. The van der Waals surface area contributed by atoms with E-state index in [9.17, 15) is 4.79 Å². The Morgan fingerprint density at radius 3 is 2.38 bits per heavy atom. The zero-order chi connectivity index (χ0) is 11.6. The quantitative estimate of drug-likeness (QED) is 0.528. The molecule has 0 saturated heterocycles. The number of hydrogen-bond acceptors (Lipinski definition) is 1. The Kier molecular flexibility index (Phi) is 1.98. The van der Waals surface area contributed by atoms with Crippen LogP contribution in [0.25, 0.3) is 0 Å². The van der Waals surface area contributed by atoms with Crippen molar-refractivity contribution in [1.82, 2.24) is 0 Å². The molecule has 0 aromatic heterocycles. The van der Waals surface area contributed by atoms with Crippen LogP contribution in [0.3, 0.4) is 0 Å². The number of allylic oxidation sites excluding steroid dienone is 2. The smallest absolute Gasteiger partial charge is 0.145 e. The summed E-state index contributed by atoms with van der Waals surface area (Å²) in [5.74, 6) is 0. The lowest BCUT2D eigenvalue weighted by atomic mass is 9.39. The van der Waals surface area contributed by atoms with Gasteiger partial charge in [-0.05, 0) is 54.9 Å². The lowest BCUT2D eigenvalue weighted by Gasteiger charge is -2.69. The fourth-order valence-corrected chi connectivity index (χ4v) is 4.71. The first-order chi connectivity index (χ1) is 7.38. The molecule has 3 fully saturated rings. The molecule has 16 heavy (non-hydrogen) atoms. The first kappa shape index (κ1) is 10.8. The van der Waals surface area contributed by atoms with Crippen LogP contribution in [0, 0.1) is 10.8 Å². The van der Waals surface area contributed by atoms with Crippen LogP contribution in [-0.4, -0.2) is 11.2 Å². The highest BCUT2D eigenvalue weighted by molar-refractivity contribution is 6.26. The molecule has 2 bridgehead atoms. The molecule has 0 amide bonds. The van der Waals surface area contributed by atoms with Crippen molar-refractivity contribution in [3.63, 3.8) is 0 Å². The molecule has 0 aromatic carbocycles. The number of carbonyl (C=O) groups is 1. The third-order valence-electron chi connectivity index (χ3n) is 4.86. The summed E-state index contributed by atoms with van der Waals surface area (Å²) in [6.45, 7) is 4.63. The van der Waals surface area contributed by atoms with E-state index in [1.165, 1.54) is 5.57 Å². The molecule has 0 N–H and O–H groups in total. The van der Waals surface area contributed by atoms with E-state index < -0.39 is 0 Å². The number of rotatable bonds is 2. The zero-order valence-corrected chi connectivity index (χ0v) is 10.9. The van der Waals surface area contributed by atoms with Gasteiger partial charge in [0.25, 0.3) is 0 Å². The highest BCUT2D eigenvalue weighted by Crippen LogP contribution is 2.75. The molecule has 0 aliphatic heterocycles. The average molecular weight is 239 g/mol. The minimum atomic E-state index is 0.114. The van der Waals surface area contributed by atoms with Gasteiger partial charge in [-0.15, -0.1) is 11.6 Å². The maximum absolute atomic E-state index is 11.2. The van der Waals surface area contributed by atoms with Gasteiger partial charge in [0.1, 0.15) is 6.29 Å². The van der Waals surface area contributed by atoms with E-state index in [0.717, 1.165) is 50.4 Å². The molecule has 4 aliphatic rings. The van der Waals surface area contributed by atoms with E-state index in [1.807, 2.05) is 0 Å². The maximum atomic E-state index is 11.2. The largest absolute Gasteiger partial charge is 0.298 e. The Morgan fingerprint density at radius 1 is 1.25 bits per heavy atom. The minimum Gasteiger partial charge on any atom is -0.298 e. The van der Waals surface area contributed by atoms with Crippen molar-refractivity contribution in [3.05, 3.63) is 11.1 Å². The predicted molar refractivity (Wildman–Crippen MR) is 65.6 cm³/mol. The molecular formula is C14H19ClO. The summed E-state index contributed by atoms with van der Waals surface area (Å²) in [5, 5.41) is 0. The molecule has 3 saturated carbocycles. The first-order valence-corrected chi connectivity index (χ1v) is 6.63. The molecular weight excluding hydrogens is 220 g/mol. The van der Waals surface area contributed by atoms with Crippen LogP contribution in [-0.2, 0) is 4.79 Å². The van der Waals surface area contributed by atoms with Gasteiger partial charge in [0.05, 0.1) is 0 Å². The van der Waals surface area contributed by atoms with Gasteiger partial charge in [-0.25, -0.2) is 0 Å². The van der Waals surface area contributed by atoms with Crippen LogP contribution in [0.15, 0.2) is 11.1 Å². The molecule has 4 aliphatic carbocycles. The van der Waals surface area contributed by atoms with Gasteiger partial charge in [-0.1, -0.05) is 19.4 Å². The summed E-state index contributed by atoms with van der Waals surface area (Å²) < 4.78 is 0. The Balaban J connectivity index is 1.91. The molecule has 4 rings (SSSR count). The van der Waals surface area contributed by atoms with Gasteiger partial charge in [-0.3, -0.25) is 4.79 Å². The Bertz CT molecular complexity index is 372. The predicted octanol–water partition coefficient (Wildman–Crippen LogP) is 3.85. The summed E-state index contributed by atoms with van der Waals surface area (Å²) in [6, 6.07) is 0. The van der Waals surface area contributed by atoms with E-state index in [0.29, 0.717) is 10.8 Å². The molecule has 0 unspecified atom stereocenters. The topological polar surface area (TPSA) is 17.1 Å². The molecule has 88 valence electrons. The van der Waals surface area contributed by atoms with Crippen molar-refractivity contribution < 1.29 is 4.79 Å². The number of alkyl halides is 1. The second-order valence-corrected chi connectivity index (χ2v) is 7.73. The highest BCUT2D eigenvalue weighted by Gasteiger charge is 2.69. The fourth-order valence-electron chi connectivity index (χ4n) is 3.95. The van der Waals surface area contributed by atoms with Gasteiger partial charge in [-0.2, -0.15) is 0 Å². The van der Waals surface area contributed by atoms with Crippen LogP contribution >= 0.6 is 11.6 Å².